The Morgan fingerprint density at radius 3 is 2.47 bits per heavy atom. The Hall–Kier alpha value is -2.11. The van der Waals surface area contributed by atoms with Crippen LogP contribution in [0, 0.1) is 6.92 Å². The minimum atomic E-state index is -0.640. The molecule has 1 aromatic heterocycles. The summed E-state index contributed by atoms with van der Waals surface area (Å²) in [5.41, 5.74) is 0.513. The Bertz CT molecular complexity index is 461. The highest BCUT2D eigenvalue weighted by Crippen LogP contribution is 2.19. The van der Waals surface area contributed by atoms with Crippen LogP contribution in [0.15, 0.2) is 0 Å². The molecule has 0 amide bonds. The average molecular weight is 239 g/mol. The number of carbonyl (C=O) groups is 3. The summed E-state index contributed by atoms with van der Waals surface area (Å²) in [6, 6.07) is 0. The van der Waals surface area contributed by atoms with Gasteiger partial charge in [0, 0.05) is 0 Å². The number of ether oxygens (including phenoxy) is 2. The minimum absolute atomic E-state index is 0.0151. The van der Waals surface area contributed by atoms with Gasteiger partial charge in [-0.1, -0.05) is 0 Å². The molecule has 0 bridgehead atoms. The molecule has 1 aromatic rings. The maximum Gasteiger partial charge on any atom is 0.354 e. The van der Waals surface area contributed by atoms with E-state index < -0.39 is 11.9 Å². The van der Waals surface area contributed by atoms with E-state index in [4.69, 9.17) is 4.74 Å². The summed E-state index contributed by atoms with van der Waals surface area (Å²) in [5.74, 6) is -1.28. The van der Waals surface area contributed by atoms with E-state index in [1.807, 2.05) is 0 Å². The molecule has 1 N–H and O–H groups in total. The van der Waals surface area contributed by atoms with E-state index in [1.54, 1.807) is 13.8 Å². The molecule has 0 aromatic carbocycles. The number of methoxy groups -OCH3 is 1. The van der Waals surface area contributed by atoms with Crippen LogP contribution in [0.2, 0.25) is 0 Å². The molecule has 0 saturated carbocycles. The van der Waals surface area contributed by atoms with Crippen LogP contribution in [0.3, 0.4) is 0 Å². The lowest BCUT2D eigenvalue weighted by molar-refractivity contribution is 0.0523. The van der Waals surface area contributed by atoms with Crippen LogP contribution in [0.25, 0.3) is 0 Å². The average Bonchev–Trinajstić information content (AvgIpc) is 2.65. The quantitative estimate of drug-likeness (QED) is 0.628. The molecule has 1 rings (SSSR count). The van der Waals surface area contributed by atoms with Crippen molar-refractivity contribution in [2.45, 2.75) is 13.8 Å². The summed E-state index contributed by atoms with van der Waals surface area (Å²) in [4.78, 5) is 36.4. The van der Waals surface area contributed by atoms with Gasteiger partial charge in [-0.25, -0.2) is 9.59 Å². The lowest BCUT2D eigenvalue weighted by Gasteiger charge is -2.01. The number of hydrogen-bond acceptors (Lipinski definition) is 5. The number of rotatable bonds is 4. The fraction of sp³-hybridized carbons (Fsp3) is 0.364. The zero-order valence-electron chi connectivity index (χ0n) is 9.83. The zero-order chi connectivity index (χ0) is 13.0. The second kappa shape index (κ2) is 5.29. The summed E-state index contributed by atoms with van der Waals surface area (Å²) in [7, 11) is 1.22. The number of H-pyrrole nitrogens is 1. The third-order valence-electron chi connectivity index (χ3n) is 2.27. The molecule has 0 atom stereocenters. The van der Waals surface area contributed by atoms with Crippen LogP contribution < -0.4 is 0 Å². The number of carbonyl (C=O) groups excluding carboxylic acids is 3. The van der Waals surface area contributed by atoms with E-state index in [-0.39, 0.29) is 23.6 Å². The number of aldehydes is 1. The van der Waals surface area contributed by atoms with Gasteiger partial charge in [-0.2, -0.15) is 0 Å². The normalized spacial score (nSPS) is 9.82. The van der Waals surface area contributed by atoms with Gasteiger partial charge in [0.1, 0.15) is 5.69 Å². The first-order valence-electron chi connectivity index (χ1n) is 4.99. The summed E-state index contributed by atoms with van der Waals surface area (Å²) in [6.07, 6.45) is 0.464. The SMILES string of the molecule is CCOC(=O)c1c(C=O)[nH]c(C(=O)OC)c1C. The van der Waals surface area contributed by atoms with Crippen molar-refractivity contribution in [3.05, 3.63) is 22.5 Å². The van der Waals surface area contributed by atoms with Crippen molar-refractivity contribution in [2.75, 3.05) is 13.7 Å². The van der Waals surface area contributed by atoms with E-state index in [2.05, 4.69) is 9.72 Å². The van der Waals surface area contributed by atoms with E-state index in [9.17, 15) is 14.4 Å². The van der Waals surface area contributed by atoms with E-state index in [0.29, 0.717) is 11.8 Å². The Morgan fingerprint density at radius 2 is 2.00 bits per heavy atom. The molecule has 1 heterocycles. The van der Waals surface area contributed by atoms with Crippen molar-refractivity contribution in [3.63, 3.8) is 0 Å². The molecular formula is C11H13NO5. The predicted octanol–water partition coefficient (Wildman–Crippen LogP) is 1.10. The van der Waals surface area contributed by atoms with Crippen LogP contribution in [-0.2, 0) is 9.47 Å². The molecule has 0 radical (unpaired) electrons. The summed E-state index contributed by atoms with van der Waals surface area (Å²) < 4.78 is 9.34. The fourth-order valence-corrected chi connectivity index (χ4v) is 1.48. The first-order chi connectivity index (χ1) is 8.06. The third kappa shape index (κ3) is 2.35. The van der Waals surface area contributed by atoms with Gasteiger partial charge < -0.3 is 14.5 Å². The zero-order valence-corrected chi connectivity index (χ0v) is 9.83. The lowest BCUT2D eigenvalue weighted by Crippen LogP contribution is -2.08. The van der Waals surface area contributed by atoms with Crippen molar-refractivity contribution in [1.82, 2.24) is 4.98 Å². The second-order valence-corrected chi connectivity index (χ2v) is 3.24. The third-order valence-corrected chi connectivity index (χ3v) is 2.27. The molecular weight excluding hydrogens is 226 g/mol. The fourth-order valence-electron chi connectivity index (χ4n) is 1.48. The molecule has 6 nitrogen and oxygen atoms in total. The Labute approximate surface area is 97.9 Å². The van der Waals surface area contributed by atoms with Crippen LogP contribution in [0.5, 0.6) is 0 Å². The molecule has 0 aliphatic heterocycles. The molecule has 0 spiro atoms. The molecule has 92 valence electrons. The van der Waals surface area contributed by atoms with E-state index >= 15 is 0 Å². The first-order valence-corrected chi connectivity index (χ1v) is 4.99. The molecule has 0 saturated heterocycles. The van der Waals surface area contributed by atoms with Crippen molar-refractivity contribution in [3.8, 4) is 0 Å². The highest BCUT2D eigenvalue weighted by atomic mass is 16.5. The Kier molecular flexibility index (Phi) is 4.03. The van der Waals surface area contributed by atoms with Crippen LogP contribution in [0.4, 0.5) is 0 Å². The molecule has 6 heteroatoms. The van der Waals surface area contributed by atoms with Crippen LogP contribution in [0.1, 0.15) is 43.8 Å². The maximum atomic E-state index is 11.6. The van der Waals surface area contributed by atoms with Gasteiger partial charge in [-0.05, 0) is 19.4 Å². The van der Waals surface area contributed by atoms with Gasteiger partial charge in [-0.15, -0.1) is 0 Å². The Balaban J connectivity index is 3.29. The number of hydrogen-bond donors (Lipinski definition) is 1. The molecule has 17 heavy (non-hydrogen) atoms. The van der Waals surface area contributed by atoms with E-state index in [1.165, 1.54) is 7.11 Å². The molecule has 0 aliphatic rings. The monoisotopic (exact) mass is 239 g/mol. The van der Waals surface area contributed by atoms with Gasteiger partial charge in [0.2, 0.25) is 0 Å². The Morgan fingerprint density at radius 1 is 1.35 bits per heavy atom. The summed E-state index contributed by atoms with van der Waals surface area (Å²) >= 11 is 0. The number of aromatic nitrogens is 1. The first kappa shape index (κ1) is 13.0. The van der Waals surface area contributed by atoms with Gasteiger partial charge >= 0.3 is 11.9 Å². The van der Waals surface area contributed by atoms with E-state index in [0.717, 1.165) is 0 Å². The largest absolute Gasteiger partial charge is 0.464 e. The smallest absolute Gasteiger partial charge is 0.354 e. The van der Waals surface area contributed by atoms with Gasteiger partial charge in [0.25, 0.3) is 0 Å². The predicted molar refractivity (Wildman–Crippen MR) is 58.2 cm³/mol. The summed E-state index contributed by atoms with van der Waals surface area (Å²) in [6.45, 7) is 3.39. The molecule has 0 fully saturated rings. The highest BCUT2D eigenvalue weighted by molar-refractivity contribution is 6.03. The molecule has 0 aliphatic carbocycles. The number of nitrogens with one attached hydrogen (secondary N) is 1. The highest BCUT2D eigenvalue weighted by Gasteiger charge is 2.24. The standard InChI is InChI=1S/C11H13NO5/c1-4-17-10(14)8-6(2)9(11(15)16-3)12-7(8)5-13/h5,12H,4H2,1-3H3. The van der Waals surface area contributed by atoms with Crippen molar-refractivity contribution < 1.29 is 23.9 Å². The van der Waals surface area contributed by atoms with Crippen molar-refractivity contribution in [1.29, 1.82) is 0 Å². The number of esters is 2. The lowest BCUT2D eigenvalue weighted by atomic mass is 10.1. The summed E-state index contributed by atoms with van der Waals surface area (Å²) in [5, 5.41) is 0. The van der Waals surface area contributed by atoms with Crippen molar-refractivity contribution in [2.24, 2.45) is 0 Å². The maximum absolute atomic E-state index is 11.6. The second-order valence-electron chi connectivity index (χ2n) is 3.24. The van der Waals surface area contributed by atoms with Crippen LogP contribution in [-0.4, -0.2) is 36.9 Å². The van der Waals surface area contributed by atoms with Gasteiger partial charge in [-0.3, -0.25) is 4.79 Å². The van der Waals surface area contributed by atoms with Crippen molar-refractivity contribution >= 4 is 18.2 Å². The number of aromatic amines is 1. The van der Waals surface area contributed by atoms with Gasteiger partial charge in [0.05, 0.1) is 25.0 Å². The topological polar surface area (TPSA) is 85.5 Å². The van der Waals surface area contributed by atoms with Crippen LogP contribution >= 0.6 is 0 Å². The van der Waals surface area contributed by atoms with Gasteiger partial charge in [0.15, 0.2) is 6.29 Å². The minimum Gasteiger partial charge on any atom is -0.464 e. The molecule has 0 unspecified atom stereocenters.